The largest absolute Gasteiger partial charge is 0.308 e. The molecule has 0 aliphatic rings. The van der Waals surface area contributed by atoms with Crippen molar-refractivity contribution >= 4 is 75.1 Å². The molecule has 0 bridgehead atoms. The fourth-order valence-electron chi connectivity index (χ4n) is 9.50. The van der Waals surface area contributed by atoms with E-state index in [4.69, 9.17) is 15.0 Å². The molecule has 0 saturated heterocycles. The normalized spacial score (nSPS) is 11.8. The molecule has 0 atom stereocenters. The number of hydrogen-bond acceptors (Lipinski definition) is 4. The molecule has 4 aromatic heterocycles. The Balaban J connectivity index is 1.06. The van der Waals surface area contributed by atoms with Gasteiger partial charge in [-0.25, -0.2) is 15.0 Å². The van der Waals surface area contributed by atoms with Crippen LogP contribution in [0, 0.1) is 0 Å². The van der Waals surface area contributed by atoms with Gasteiger partial charge in [0.05, 0.1) is 31.5 Å². The quantitative estimate of drug-likeness (QED) is 0.168. The highest BCUT2D eigenvalue weighted by molar-refractivity contribution is 7.27. The lowest BCUT2D eigenvalue weighted by atomic mass is 10.1. The van der Waals surface area contributed by atoms with Gasteiger partial charge in [0.1, 0.15) is 0 Å². The summed E-state index contributed by atoms with van der Waals surface area (Å²) in [5.41, 5.74) is 12.2. The third-order valence-electron chi connectivity index (χ3n) is 12.3. The lowest BCUT2D eigenvalue weighted by Crippen LogP contribution is -2.01. The minimum Gasteiger partial charge on any atom is -0.308 e. The number of aromatic nitrogens is 5. The number of thiophene rings is 1. The van der Waals surface area contributed by atoms with E-state index in [1.54, 1.807) is 0 Å². The van der Waals surface area contributed by atoms with Crippen molar-refractivity contribution in [2.75, 3.05) is 0 Å². The average Bonchev–Trinajstić information content (AvgIpc) is 4.03. The second kappa shape index (κ2) is 14.2. The summed E-state index contributed by atoms with van der Waals surface area (Å²) >= 11 is 1.89. The fourth-order valence-corrected chi connectivity index (χ4v) is 10.9. The van der Waals surface area contributed by atoms with Crippen LogP contribution in [0.3, 0.4) is 0 Å². The third kappa shape index (κ3) is 5.66. The fraction of sp³-hybridized carbons (Fsp3) is 0. The van der Waals surface area contributed by atoms with Gasteiger partial charge in [-0.05, 0) is 47.5 Å². The number of hydrogen-bond donors (Lipinski definition) is 0. The summed E-state index contributed by atoms with van der Waals surface area (Å²) in [6.45, 7) is 0. The number of rotatable bonds is 6. The number of fused-ring (bicyclic) bond motifs is 11. The van der Waals surface area contributed by atoms with E-state index in [0.717, 1.165) is 33.6 Å². The molecule has 13 aromatic rings. The van der Waals surface area contributed by atoms with Gasteiger partial charge in [0.25, 0.3) is 0 Å². The van der Waals surface area contributed by atoms with Crippen molar-refractivity contribution in [2.24, 2.45) is 0 Å². The molecule has 0 aliphatic heterocycles. The Hall–Kier alpha value is -8.19. The Bertz CT molecular complexity index is 3850. The number of benzene rings is 9. The Kier molecular flexibility index (Phi) is 8.01. The maximum absolute atomic E-state index is 5.10. The summed E-state index contributed by atoms with van der Waals surface area (Å²) in [7, 11) is 0. The van der Waals surface area contributed by atoms with Crippen molar-refractivity contribution in [2.45, 2.75) is 0 Å². The topological polar surface area (TPSA) is 48.5 Å². The van der Waals surface area contributed by atoms with Crippen LogP contribution in [-0.4, -0.2) is 24.1 Å². The predicted molar refractivity (Wildman–Crippen MR) is 263 cm³/mol. The van der Waals surface area contributed by atoms with Crippen LogP contribution in [0.4, 0.5) is 0 Å². The summed E-state index contributed by atoms with van der Waals surface area (Å²) in [5, 5.41) is 7.44. The van der Waals surface area contributed by atoms with Gasteiger partial charge in [0.2, 0.25) is 0 Å². The Morgan fingerprint density at radius 2 is 0.667 bits per heavy atom. The Morgan fingerprint density at radius 3 is 1.17 bits per heavy atom. The monoisotopic (exact) mass is 821 g/mol. The first-order valence-electron chi connectivity index (χ1n) is 21.2. The van der Waals surface area contributed by atoms with Gasteiger partial charge in [-0.15, -0.1) is 11.3 Å². The maximum Gasteiger partial charge on any atom is 0.164 e. The molecule has 0 saturated carbocycles. The van der Waals surface area contributed by atoms with Crippen LogP contribution >= 0.6 is 11.3 Å². The van der Waals surface area contributed by atoms with E-state index >= 15 is 0 Å². The molecule has 0 radical (unpaired) electrons. The van der Waals surface area contributed by atoms with E-state index in [2.05, 4.69) is 161 Å². The van der Waals surface area contributed by atoms with Gasteiger partial charge in [0, 0.05) is 60.4 Å². The zero-order valence-corrected chi connectivity index (χ0v) is 34.7. The number of nitrogens with zero attached hydrogens (tertiary/aromatic N) is 5. The third-order valence-corrected chi connectivity index (χ3v) is 13.6. The summed E-state index contributed by atoms with van der Waals surface area (Å²) in [6.07, 6.45) is 0. The van der Waals surface area contributed by atoms with Crippen molar-refractivity contribution in [3.8, 4) is 56.7 Å². The number of para-hydroxylation sites is 2. The summed E-state index contributed by atoms with van der Waals surface area (Å²) < 4.78 is 7.45. The molecule has 5 nitrogen and oxygen atoms in total. The van der Waals surface area contributed by atoms with Crippen molar-refractivity contribution in [1.29, 1.82) is 0 Å². The van der Waals surface area contributed by atoms with Gasteiger partial charge in [-0.1, -0.05) is 176 Å². The van der Waals surface area contributed by atoms with E-state index in [-0.39, 0.29) is 0 Å². The zero-order valence-electron chi connectivity index (χ0n) is 33.9. The maximum atomic E-state index is 5.10. The molecule has 294 valence electrons. The van der Waals surface area contributed by atoms with Gasteiger partial charge in [-0.3, -0.25) is 0 Å². The van der Waals surface area contributed by atoms with Crippen molar-refractivity contribution in [1.82, 2.24) is 24.1 Å². The van der Waals surface area contributed by atoms with Gasteiger partial charge >= 0.3 is 0 Å². The van der Waals surface area contributed by atoms with Crippen LogP contribution in [0.2, 0.25) is 0 Å². The smallest absolute Gasteiger partial charge is 0.164 e. The van der Waals surface area contributed by atoms with Crippen LogP contribution in [0.1, 0.15) is 0 Å². The molecule has 9 aromatic carbocycles. The highest BCUT2D eigenvalue weighted by Gasteiger charge is 2.22. The van der Waals surface area contributed by atoms with E-state index < -0.39 is 0 Å². The first-order valence-corrected chi connectivity index (χ1v) is 22.0. The highest BCUT2D eigenvalue weighted by atomic mass is 32.1. The molecule has 0 amide bonds. The second-order valence-corrected chi connectivity index (χ2v) is 17.0. The Labute approximate surface area is 366 Å². The minimum absolute atomic E-state index is 0.629. The molecular weight excluding hydrogens is 787 g/mol. The molecule has 0 unspecified atom stereocenters. The summed E-state index contributed by atoms with van der Waals surface area (Å²) in [5.74, 6) is 1.91. The standard InChI is InChI=1S/C57H35N5S/c1-4-16-36(17-5-1)39-22-14-24-41(34-39)61-49-28-12-10-26-43(49)45-30-32-47-48-33-31-46-44-27-11-13-29-50(44)62(52(46)54(48)63-53(47)51(45)61)42-25-15-23-40(35-42)57-59-55(37-18-6-2-7-19-37)58-56(60-57)38-20-8-3-9-21-38/h1-35H. The SMILES string of the molecule is c1ccc(-c2cccc(-n3c4ccccc4c4ccc5c6ccc7c8ccccc8n(-c8cccc(-c9nc(-c%10ccccc%10)nc(-c%10ccccc%10)n9)c8)c7c6sc5c43)c2)cc1. The van der Waals surface area contributed by atoms with E-state index in [1.807, 2.05) is 72.0 Å². The van der Waals surface area contributed by atoms with Crippen LogP contribution in [-0.2, 0) is 0 Å². The molecule has 6 heteroatoms. The van der Waals surface area contributed by atoms with Gasteiger partial charge < -0.3 is 9.13 Å². The highest BCUT2D eigenvalue weighted by Crippen LogP contribution is 2.47. The van der Waals surface area contributed by atoms with Crippen LogP contribution in [0.25, 0.3) is 120 Å². The molecule has 13 rings (SSSR count). The second-order valence-electron chi connectivity index (χ2n) is 16.0. The van der Waals surface area contributed by atoms with E-state index in [1.165, 1.54) is 69.4 Å². The zero-order chi connectivity index (χ0) is 41.4. The van der Waals surface area contributed by atoms with Crippen LogP contribution < -0.4 is 0 Å². The van der Waals surface area contributed by atoms with E-state index in [0.29, 0.717) is 17.5 Å². The molecule has 63 heavy (non-hydrogen) atoms. The van der Waals surface area contributed by atoms with Crippen molar-refractivity contribution in [3.63, 3.8) is 0 Å². The molecule has 0 N–H and O–H groups in total. The molecular formula is C57H35N5S. The van der Waals surface area contributed by atoms with Gasteiger partial charge in [0.15, 0.2) is 17.5 Å². The Morgan fingerprint density at radius 1 is 0.286 bits per heavy atom. The lowest BCUT2D eigenvalue weighted by molar-refractivity contribution is 1.07. The van der Waals surface area contributed by atoms with Crippen LogP contribution in [0.15, 0.2) is 212 Å². The molecule has 0 spiro atoms. The first-order chi connectivity index (χ1) is 31.2. The summed E-state index contributed by atoms with van der Waals surface area (Å²) in [6, 6.07) is 75.5. The van der Waals surface area contributed by atoms with Crippen molar-refractivity contribution < 1.29 is 0 Å². The molecule has 0 aliphatic carbocycles. The lowest BCUT2D eigenvalue weighted by Gasteiger charge is -2.12. The minimum atomic E-state index is 0.629. The molecule has 0 fully saturated rings. The van der Waals surface area contributed by atoms with Crippen molar-refractivity contribution in [3.05, 3.63) is 212 Å². The predicted octanol–water partition coefficient (Wildman–Crippen LogP) is 15.1. The van der Waals surface area contributed by atoms with Gasteiger partial charge in [-0.2, -0.15) is 0 Å². The summed E-state index contributed by atoms with van der Waals surface area (Å²) in [4.78, 5) is 15.2. The molecule has 4 heterocycles. The van der Waals surface area contributed by atoms with E-state index in [9.17, 15) is 0 Å². The van der Waals surface area contributed by atoms with Crippen LogP contribution in [0.5, 0.6) is 0 Å². The average molecular weight is 822 g/mol. The first kappa shape index (κ1) is 35.6.